The fourth-order valence-electron chi connectivity index (χ4n) is 3.84. The van der Waals surface area contributed by atoms with Crippen LogP contribution in [0, 0.1) is 5.82 Å². The summed E-state index contributed by atoms with van der Waals surface area (Å²) in [6, 6.07) is 11.2. The molecule has 9 heteroatoms. The summed E-state index contributed by atoms with van der Waals surface area (Å²) in [6.07, 6.45) is 3.01. The molecule has 5 rings (SSSR count). The van der Waals surface area contributed by atoms with Crippen molar-refractivity contribution in [3.63, 3.8) is 0 Å². The molecule has 0 aromatic heterocycles. The zero-order valence-electron chi connectivity index (χ0n) is 16.9. The van der Waals surface area contributed by atoms with E-state index in [-0.39, 0.29) is 36.8 Å². The Labute approximate surface area is 187 Å². The number of fused-ring (bicyclic) bond motifs is 1. The van der Waals surface area contributed by atoms with Crippen LogP contribution in [0.2, 0.25) is 0 Å². The van der Waals surface area contributed by atoms with E-state index in [0.717, 1.165) is 27.8 Å². The molecule has 0 atom stereocenters. The van der Waals surface area contributed by atoms with Crippen LogP contribution in [0.15, 0.2) is 47.4 Å². The van der Waals surface area contributed by atoms with E-state index < -0.39 is 11.3 Å². The molecule has 3 amide bonds. The fourth-order valence-corrected chi connectivity index (χ4v) is 4.70. The van der Waals surface area contributed by atoms with Crippen molar-refractivity contribution in [3.05, 3.63) is 64.3 Å². The molecule has 32 heavy (non-hydrogen) atoms. The standard InChI is InChI=1S/C23H19FN2O5S/c24-16-4-2-15(3-5-16)23(7-8-23)21(28)25-9-10-26-20(27)19(32-22(26)29)12-14-1-6-17-18(11-14)31-13-30-17/h1-6,11-12H,7-10,13H2,(H,25,28)/b19-12-. The average molecular weight is 454 g/mol. The second-order valence-corrected chi connectivity index (χ2v) is 8.78. The van der Waals surface area contributed by atoms with Crippen molar-refractivity contribution < 1.29 is 28.2 Å². The lowest BCUT2D eigenvalue weighted by Gasteiger charge is -2.17. The van der Waals surface area contributed by atoms with Gasteiger partial charge in [-0.1, -0.05) is 18.2 Å². The highest BCUT2D eigenvalue weighted by atomic mass is 32.2. The van der Waals surface area contributed by atoms with E-state index >= 15 is 0 Å². The molecule has 1 N–H and O–H groups in total. The summed E-state index contributed by atoms with van der Waals surface area (Å²) in [5, 5.41) is 2.44. The first-order chi connectivity index (χ1) is 15.5. The Morgan fingerprint density at radius 2 is 1.88 bits per heavy atom. The van der Waals surface area contributed by atoms with Gasteiger partial charge in [0.25, 0.3) is 11.1 Å². The van der Waals surface area contributed by atoms with Gasteiger partial charge in [-0.05, 0) is 66.1 Å². The van der Waals surface area contributed by atoms with E-state index in [0.29, 0.717) is 29.2 Å². The van der Waals surface area contributed by atoms with Crippen LogP contribution in [0.25, 0.3) is 6.08 Å². The topological polar surface area (TPSA) is 84.9 Å². The maximum Gasteiger partial charge on any atom is 0.293 e. The Bertz CT molecular complexity index is 1140. The van der Waals surface area contributed by atoms with Crippen LogP contribution in [-0.4, -0.2) is 41.8 Å². The predicted octanol–water partition coefficient (Wildman–Crippen LogP) is 3.44. The zero-order chi connectivity index (χ0) is 22.3. The van der Waals surface area contributed by atoms with Gasteiger partial charge in [-0.15, -0.1) is 0 Å². The lowest BCUT2D eigenvalue weighted by Crippen LogP contribution is -2.41. The van der Waals surface area contributed by atoms with Crippen molar-refractivity contribution in [1.82, 2.24) is 10.2 Å². The van der Waals surface area contributed by atoms with Gasteiger partial charge in [-0.3, -0.25) is 19.3 Å². The van der Waals surface area contributed by atoms with E-state index in [1.165, 1.54) is 12.1 Å². The number of hydrogen-bond acceptors (Lipinski definition) is 6. The lowest BCUT2D eigenvalue weighted by molar-refractivity contribution is -0.125. The van der Waals surface area contributed by atoms with Gasteiger partial charge < -0.3 is 14.8 Å². The number of amides is 3. The first-order valence-electron chi connectivity index (χ1n) is 10.2. The summed E-state index contributed by atoms with van der Waals surface area (Å²) < 4.78 is 23.8. The van der Waals surface area contributed by atoms with Gasteiger partial charge in [0.2, 0.25) is 12.7 Å². The van der Waals surface area contributed by atoms with Crippen LogP contribution in [0.3, 0.4) is 0 Å². The highest BCUT2D eigenvalue weighted by Gasteiger charge is 2.51. The number of nitrogens with zero attached hydrogens (tertiary/aromatic N) is 1. The average Bonchev–Trinajstić information content (AvgIpc) is 3.39. The molecule has 0 bridgehead atoms. The largest absolute Gasteiger partial charge is 0.454 e. The summed E-state index contributed by atoms with van der Waals surface area (Å²) in [7, 11) is 0. The van der Waals surface area contributed by atoms with Crippen molar-refractivity contribution in [2.75, 3.05) is 19.9 Å². The van der Waals surface area contributed by atoms with Gasteiger partial charge in [-0.2, -0.15) is 0 Å². The van der Waals surface area contributed by atoms with Gasteiger partial charge >= 0.3 is 0 Å². The van der Waals surface area contributed by atoms with E-state index in [1.54, 1.807) is 36.4 Å². The Morgan fingerprint density at radius 1 is 1.12 bits per heavy atom. The molecule has 2 aliphatic heterocycles. The Hall–Kier alpha value is -3.33. The molecule has 2 fully saturated rings. The monoisotopic (exact) mass is 454 g/mol. The minimum Gasteiger partial charge on any atom is -0.454 e. The zero-order valence-corrected chi connectivity index (χ0v) is 17.7. The molecule has 0 spiro atoms. The molecule has 0 unspecified atom stereocenters. The molecule has 1 aliphatic carbocycles. The van der Waals surface area contributed by atoms with Crippen LogP contribution in [0.4, 0.5) is 9.18 Å². The Morgan fingerprint density at radius 3 is 2.62 bits per heavy atom. The third-order valence-corrected chi connectivity index (χ3v) is 6.68. The Balaban J connectivity index is 1.20. The summed E-state index contributed by atoms with van der Waals surface area (Å²) >= 11 is 0.863. The number of ether oxygens (including phenoxy) is 2. The normalized spacial score (nSPS) is 19.5. The van der Waals surface area contributed by atoms with E-state index in [9.17, 15) is 18.8 Å². The van der Waals surface area contributed by atoms with Crippen molar-refractivity contribution in [2.24, 2.45) is 0 Å². The lowest BCUT2D eigenvalue weighted by atomic mass is 9.95. The van der Waals surface area contributed by atoms with E-state index in [4.69, 9.17) is 9.47 Å². The maximum atomic E-state index is 13.2. The summed E-state index contributed by atoms with van der Waals surface area (Å²) in [6.45, 7) is 0.384. The molecule has 164 valence electrons. The minimum atomic E-state index is -0.647. The summed E-state index contributed by atoms with van der Waals surface area (Å²) in [4.78, 5) is 39.2. The predicted molar refractivity (Wildman–Crippen MR) is 116 cm³/mol. The quantitative estimate of drug-likeness (QED) is 0.674. The number of nitrogens with one attached hydrogen (secondary N) is 1. The smallest absolute Gasteiger partial charge is 0.293 e. The van der Waals surface area contributed by atoms with Crippen molar-refractivity contribution >= 4 is 34.9 Å². The number of thioether (sulfide) groups is 1. The van der Waals surface area contributed by atoms with Crippen molar-refractivity contribution in [3.8, 4) is 11.5 Å². The molecule has 1 saturated heterocycles. The molecule has 3 aliphatic rings. The van der Waals surface area contributed by atoms with Crippen LogP contribution in [-0.2, 0) is 15.0 Å². The Kier molecular flexibility index (Phi) is 5.13. The molecule has 7 nitrogen and oxygen atoms in total. The SMILES string of the molecule is O=C1S/C(=C\c2ccc3c(c2)OCO3)C(=O)N1CCNC(=O)C1(c2ccc(F)cc2)CC1. The van der Waals surface area contributed by atoms with Gasteiger partial charge in [0.15, 0.2) is 11.5 Å². The molecule has 2 aromatic rings. The molecule has 2 heterocycles. The highest BCUT2D eigenvalue weighted by Crippen LogP contribution is 2.48. The molecule has 0 radical (unpaired) electrons. The number of carbonyl (C=O) groups excluding carboxylic acids is 3. The van der Waals surface area contributed by atoms with Crippen LogP contribution >= 0.6 is 11.8 Å². The van der Waals surface area contributed by atoms with Crippen molar-refractivity contribution in [1.29, 1.82) is 0 Å². The summed E-state index contributed by atoms with van der Waals surface area (Å²) in [5.41, 5.74) is 0.851. The molecular weight excluding hydrogens is 435 g/mol. The van der Waals surface area contributed by atoms with Gasteiger partial charge in [0, 0.05) is 13.1 Å². The second-order valence-electron chi connectivity index (χ2n) is 7.79. The van der Waals surface area contributed by atoms with Crippen molar-refractivity contribution in [2.45, 2.75) is 18.3 Å². The first-order valence-corrected chi connectivity index (χ1v) is 11.0. The van der Waals surface area contributed by atoms with Crippen LogP contribution in [0.5, 0.6) is 11.5 Å². The second kappa shape index (κ2) is 7.98. The number of carbonyl (C=O) groups is 3. The number of rotatable bonds is 6. The number of imide groups is 1. The van der Waals surface area contributed by atoms with Gasteiger partial charge in [0.1, 0.15) is 5.82 Å². The molecule has 2 aromatic carbocycles. The van der Waals surface area contributed by atoms with Crippen LogP contribution in [0.1, 0.15) is 24.0 Å². The van der Waals surface area contributed by atoms with Gasteiger partial charge in [0.05, 0.1) is 10.3 Å². The minimum absolute atomic E-state index is 0.0778. The van der Waals surface area contributed by atoms with Gasteiger partial charge in [-0.25, -0.2) is 4.39 Å². The first kappa shape index (κ1) is 20.6. The number of hydrogen-bond donors (Lipinski definition) is 1. The number of benzene rings is 2. The molecular formula is C23H19FN2O5S. The summed E-state index contributed by atoms with van der Waals surface area (Å²) in [5.74, 6) is 0.313. The molecule has 1 saturated carbocycles. The highest BCUT2D eigenvalue weighted by molar-refractivity contribution is 8.18. The number of halogens is 1. The third kappa shape index (κ3) is 3.73. The van der Waals surface area contributed by atoms with E-state index in [2.05, 4.69) is 5.32 Å². The maximum absolute atomic E-state index is 13.2. The van der Waals surface area contributed by atoms with E-state index in [1.807, 2.05) is 0 Å². The third-order valence-electron chi connectivity index (χ3n) is 5.77. The van der Waals surface area contributed by atoms with Crippen LogP contribution < -0.4 is 14.8 Å². The fraction of sp³-hybridized carbons (Fsp3) is 0.261.